The highest BCUT2D eigenvalue weighted by molar-refractivity contribution is 5.89. The van der Waals surface area contributed by atoms with Crippen molar-refractivity contribution in [1.82, 2.24) is 24.7 Å². The van der Waals surface area contributed by atoms with Crippen LogP contribution >= 0.6 is 0 Å². The zero-order valence-corrected chi connectivity index (χ0v) is 19.4. The van der Waals surface area contributed by atoms with Gasteiger partial charge in [0.25, 0.3) is 0 Å². The van der Waals surface area contributed by atoms with E-state index in [4.69, 9.17) is 4.74 Å². The number of methoxy groups -OCH3 is 1. The van der Waals surface area contributed by atoms with Crippen molar-refractivity contribution in [3.05, 3.63) is 59.5 Å². The van der Waals surface area contributed by atoms with Crippen molar-refractivity contribution < 1.29 is 14.6 Å². The van der Waals surface area contributed by atoms with Crippen LogP contribution in [0.2, 0.25) is 0 Å². The average molecular weight is 450 g/mol. The molecule has 8 heteroatoms. The van der Waals surface area contributed by atoms with Crippen molar-refractivity contribution in [2.75, 3.05) is 54.0 Å². The third-order valence-electron chi connectivity index (χ3n) is 6.94. The molecule has 1 aromatic carbocycles. The van der Waals surface area contributed by atoms with E-state index in [2.05, 4.69) is 20.9 Å². The lowest BCUT2D eigenvalue weighted by molar-refractivity contribution is -0.141. The molecule has 0 radical (unpaired) electrons. The van der Waals surface area contributed by atoms with Gasteiger partial charge in [0.1, 0.15) is 5.75 Å². The summed E-state index contributed by atoms with van der Waals surface area (Å²) in [5.74, 6) is 0.944. The summed E-state index contributed by atoms with van der Waals surface area (Å²) in [6.07, 6.45) is 3.60. The number of hydrogen-bond donors (Lipinski definition) is 2. The number of fused-ring (bicyclic) bond motifs is 4. The number of carbonyl (C=O) groups excluding carboxylic acids is 1. The molecular weight excluding hydrogens is 418 g/mol. The second-order valence-corrected chi connectivity index (χ2v) is 9.55. The van der Waals surface area contributed by atoms with Crippen LogP contribution in [0.15, 0.2) is 42.7 Å². The number of H-pyrrole nitrogens is 1. The number of carbonyl (C=O) groups is 1. The Hall–Kier alpha value is -2.94. The predicted octanol–water partition coefficient (Wildman–Crippen LogP) is 1.76. The maximum atomic E-state index is 12.8. The summed E-state index contributed by atoms with van der Waals surface area (Å²) < 4.78 is 5.44. The van der Waals surface area contributed by atoms with E-state index in [9.17, 15) is 9.90 Å². The minimum absolute atomic E-state index is 0.0153. The molecule has 1 spiro atoms. The molecule has 33 heavy (non-hydrogen) atoms. The number of amides is 1. The van der Waals surface area contributed by atoms with Crippen LogP contribution in [0.3, 0.4) is 0 Å². The lowest BCUT2D eigenvalue weighted by Crippen LogP contribution is -2.68. The number of benzene rings is 1. The van der Waals surface area contributed by atoms with Gasteiger partial charge in [0.15, 0.2) is 0 Å². The summed E-state index contributed by atoms with van der Waals surface area (Å²) in [5.41, 5.74) is 4.25. The van der Waals surface area contributed by atoms with Crippen LogP contribution in [0.4, 0.5) is 0 Å². The number of rotatable bonds is 6. The summed E-state index contributed by atoms with van der Waals surface area (Å²) >= 11 is 0. The number of aliphatic hydroxyl groups is 1. The highest BCUT2D eigenvalue weighted by atomic mass is 16.5. The van der Waals surface area contributed by atoms with E-state index < -0.39 is 0 Å². The average Bonchev–Trinajstić information content (AvgIpc) is 3.16. The van der Waals surface area contributed by atoms with Crippen molar-refractivity contribution in [1.29, 1.82) is 0 Å². The smallest absolute Gasteiger partial charge is 0.236 e. The van der Waals surface area contributed by atoms with Crippen LogP contribution in [-0.2, 0) is 16.8 Å². The van der Waals surface area contributed by atoms with Crippen LogP contribution in [0, 0.1) is 0 Å². The van der Waals surface area contributed by atoms with Crippen LogP contribution in [0.5, 0.6) is 5.75 Å². The Morgan fingerprint density at radius 1 is 1.24 bits per heavy atom. The Balaban J connectivity index is 1.56. The van der Waals surface area contributed by atoms with Gasteiger partial charge in [-0.1, -0.05) is 0 Å². The fourth-order valence-corrected chi connectivity index (χ4v) is 5.49. The molecule has 0 saturated carbocycles. The van der Waals surface area contributed by atoms with Crippen molar-refractivity contribution in [3.63, 3.8) is 0 Å². The van der Waals surface area contributed by atoms with Crippen molar-refractivity contribution >= 4 is 16.8 Å². The molecular formula is C25H31N5O3. The molecule has 2 aliphatic rings. The number of ether oxygens (including phenoxy) is 1. The fraction of sp³-hybridized carbons (Fsp3) is 0.440. The number of nitrogens with one attached hydrogen (secondary N) is 1. The second-order valence-electron chi connectivity index (χ2n) is 9.55. The molecule has 2 aliphatic heterocycles. The van der Waals surface area contributed by atoms with Crippen molar-refractivity contribution in [3.8, 4) is 5.75 Å². The Kier molecular flexibility index (Phi) is 5.60. The summed E-state index contributed by atoms with van der Waals surface area (Å²) in [6, 6.07) is 9.97. The largest absolute Gasteiger partial charge is 0.497 e. The molecule has 1 fully saturated rings. The minimum atomic E-state index is -0.178. The van der Waals surface area contributed by atoms with Gasteiger partial charge in [0.05, 0.1) is 26.3 Å². The number of hydrogen-bond acceptors (Lipinski definition) is 6. The van der Waals surface area contributed by atoms with Crippen molar-refractivity contribution in [2.24, 2.45) is 0 Å². The summed E-state index contributed by atoms with van der Waals surface area (Å²) in [4.78, 5) is 26.7. The van der Waals surface area contributed by atoms with Crippen LogP contribution in [0.1, 0.15) is 22.9 Å². The number of aliphatic hydroxyl groups excluding tert-OH is 1. The predicted molar refractivity (Wildman–Crippen MR) is 126 cm³/mol. The first-order valence-corrected chi connectivity index (χ1v) is 11.3. The summed E-state index contributed by atoms with van der Waals surface area (Å²) in [7, 11) is 5.50. The van der Waals surface area contributed by atoms with E-state index in [1.165, 1.54) is 5.56 Å². The molecule has 174 valence electrons. The number of nitrogens with zero attached hydrogens (tertiary/aromatic N) is 4. The minimum Gasteiger partial charge on any atom is -0.497 e. The third-order valence-corrected chi connectivity index (χ3v) is 6.94. The van der Waals surface area contributed by atoms with Gasteiger partial charge in [-0.05, 0) is 49.5 Å². The molecule has 1 amide bonds. The Labute approximate surface area is 193 Å². The van der Waals surface area contributed by atoms with Crippen LogP contribution < -0.4 is 4.74 Å². The zero-order valence-electron chi connectivity index (χ0n) is 19.4. The van der Waals surface area contributed by atoms with E-state index in [0.717, 1.165) is 34.5 Å². The van der Waals surface area contributed by atoms with E-state index in [0.29, 0.717) is 26.2 Å². The Morgan fingerprint density at radius 3 is 2.67 bits per heavy atom. The molecule has 3 aromatic rings. The number of likely N-dealkylation sites (N-methyl/N-ethyl adjacent to an activating group) is 1. The normalized spacial score (nSPS) is 19.7. The summed E-state index contributed by atoms with van der Waals surface area (Å²) in [6.45, 7) is 3.26. The van der Waals surface area contributed by atoms with Gasteiger partial charge in [-0.15, -0.1) is 0 Å². The molecule has 8 nitrogen and oxygen atoms in total. The monoisotopic (exact) mass is 449 g/mol. The molecule has 0 unspecified atom stereocenters. The Morgan fingerprint density at radius 2 is 2.00 bits per heavy atom. The summed E-state index contributed by atoms with van der Waals surface area (Å²) in [5, 5.41) is 11.6. The first kappa shape index (κ1) is 21.9. The quantitative estimate of drug-likeness (QED) is 0.597. The standard InChI is InChI=1S/C25H31N5O3/c1-28(2)12-22(32)30-15-25(16-30)14-29(11-17-6-8-26-9-7-17)21(13-31)24-23(25)19-5-4-18(33-3)10-20(19)27-24/h4-10,21,27,31H,11-16H2,1-3H3/t21-/m1/s1. The SMILES string of the molecule is COc1ccc2c3c([nH]c2c1)[C@@H](CO)N(Cc1ccncc1)CC31CN(C(=O)CN(C)C)C1. The van der Waals surface area contributed by atoms with Gasteiger partial charge in [-0.25, -0.2) is 0 Å². The van der Waals surface area contributed by atoms with E-state index in [1.54, 1.807) is 19.5 Å². The molecule has 0 bridgehead atoms. The number of pyridine rings is 1. The van der Waals surface area contributed by atoms with Gasteiger partial charge in [0.2, 0.25) is 5.91 Å². The lowest BCUT2D eigenvalue weighted by atomic mass is 9.68. The van der Waals surface area contributed by atoms with Crippen LogP contribution in [0.25, 0.3) is 10.9 Å². The van der Waals surface area contributed by atoms with Crippen molar-refractivity contribution in [2.45, 2.75) is 18.0 Å². The fourth-order valence-electron chi connectivity index (χ4n) is 5.49. The van der Waals surface area contributed by atoms with Gasteiger partial charge >= 0.3 is 0 Å². The van der Waals surface area contributed by atoms with E-state index in [-0.39, 0.29) is 24.0 Å². The lowest BCUT2D eigenvalue weighted by Gasteiger charge is -2.56. The molecule has 1 atom stereocenters. The highest BCUT2D eigenvalue weighted by Gasteiger charge is 2.53. The molecule has 1 saturated heterocycles. The first-order chi connectivity index (χ1) is 15.9. The van der Waals surface area contributed by atoms with Gasteiger partial charge < -0.3 is 24.6 Å². The maximum absolute atomic E-state index is 12.8. The number of aromatic nitrogens is 2. The number of aromatic amines is 1. The van der Waals surface area contributed by atoms with Gasteiger partial charge in [0, 0.05) is 66.7 Å². The first-order valence-electron chi connectivity index (χ1n) is 11.3. The van der Waals surface area contributed by atoms with E-state index >= 15 is 0 Å². The number of likely N-dealkylation sites (tertiary alicyclic amines) is 1. The zero-order chi connectivity index (χ0) is 23.2. The molecule has 0 aliphatic carbocycles. The molecule has 4 heterocycles. The Bertz CT molecular complexity index is 1150. The van der Waals surface area contributed by atoms with Gasteiger partial charge in [-0.3, -0.25) is 14.7 Å². The molecule has 5 rings (SSSR count). The van der Waals surface area contributed by atoms with Crippen LogP contribution in [-0.4, -0.2) is 89.7 Å². The maximum Gasteiger partial charge on any atom is 0.236 e. The molecule has 2 N–H and O–H groups in total. The van der Waals surface area contributed by atoms with Gasteiger partial charge in [-0.2, -0.15) is 0 Å². The second kappa shape index (κ2) is 8.44. The van der Waals surface area contributed by atoms with E-state index in [1.807, 2.05) is 48.2 Å². The highest BCUT2D eigenvalue weighted by Crippen LogP contribution is 2.48. The topological polar surface area (TPSA) is 84.9 Å². The third kappa shape index (κ3) is 3.78. The molecule has 2 aromatic heterocycles.